The first kappa shape index (κ1) is 16.4. The number of benzene rings is 2. The predicted molar refractivity (Wildman–Crippen MR) is 82.8 cm³/mol. The van der Waals surface area contributed by atoms with E-state index in [4.69, 9.17) is 17.0 Å². The number of halogens is 4. The monoisotopic (exact) mass is 326 g/mol. The van der Waals surface area contributed by atoms with Crippen LogP contribution in [0.1, 0.15) is 22.3 Å². The Labute approximate surface area is 131 Å². The molecular weight excluding hydrogens is 313 g/mol. The molecule has 6 heteroatoms. The summed E-state index contributed by atoms with van der Waals surface area (Å²) in [7, 11) is 0. The number of nitrogens with one attached hydrogen (secondary N) is 2. The molecule has 2 aromatic carbocycles. The minimum Gasteiger partial charge on any atom is -0.380 e. The van der Waals surface area contributed by atoms with Crippen LogP contribution < -0.4 is 5.32 Å². The van der Waals surface area contributed by atoms with Gasteiger partial charge in [0.2, 0.25) is 0 Å². The van der Waals surface area contributed by atoms with Crippen LogP contribution in [-0.2, 0) is 12.7 Å². The van der Waals surface area contributed by atoms with Crippen molar-refractivity contribution in [2.75, 3.05) is 5.32 Å². The SMILES string of the molecule is Cc1cc(Cl)ccc1CNc1cc(C(F)(F)F)ccc1C=N. The highest BCUT2D eigenvalue weighted by Crippen LogP contribution is 2.32. The number of rotatable bonds is 4. The molecule has 0 aliphatic heterocycles. The third-order valence-corrected chi connectivity index (χ3v) is 3.55. The Morgan fingerprint density at radius 3 is 2.50 bits per heavy atom. The molecule has 2 aromatic rings. The number of hydrogen-bond acceptors (Lipinski definition) is 2. The summed E-state index contributed by atoms with van der Waals surface area (Å²) in [5, 5.41) is 10.9. The lowest BCUT2D eigenvalue weighted by molar-refractivity contribution is -0.137. The molecule has 0 spiro atoms. The predicted octanol–water partition coefficient (Wildman–Crippen LogP) is 5.28. The van der Waals surface area contributed by atoms with Crippen LogP contribution >= 0.6 is 11.6 Å². The molecule has 0 bridgehead atoms. The molecule has 0 saturated heterocycles. The second kappa shape index (κ2) is 6.40. The van der Waals surface area contributed by atoms with E-state index >= 15 is 0 Å². The normalized spacial score (nSPS) is 11.3. The van der Waals surface area contributed by atoms with Crippen molar-refractivity contribution in [3.05, 3.63) is 63.7 Å². The molecule has 0 saturated carbocycles. The number of hydrogen-bond donors (Lipinski definition) is 2. The summed E-state index contributed by atoms with van der Waals surface area (Å²) in [4.78, 5) is 0. The molecule has 22 heavy (non-hydrogen) atoms. The average molecular weight is 327 g/mol. The summed E-state index contributed by atoms with van der Waals surface area (Å²) < 4.78 is 38.3. The van der Waals surface area contributed by atoms with E-state index in [0.717, 1.165) is 29.5 Å². The minimum absolute atomic E-state index is 0.277. The maximum Gasteiger partial charge on any atom is 0.416 e. The zero-order chi connectivity index (χ0) is 16.3. The zero-order valence-electron chi connectivity index (χ0n) is 11.8. The van der Waals surface area contributed by atoms with Crippen molar-refractivity contribution in [2.45, 2.75) is 19.6 Å². The van der Waals surface area contributed by atoms with Crippen molar-refractivity contribution in [1.82, 2.24) is 0 Å². The van der Waals surface area contributed by atoms with Gasteiger partial charge in [0.25, 0.3) is 0 Å². The van der Waals surface area contributed by atoms with Crippen LogP contribution in [-0.4, -0.2) is 6.21 Å². The summed E-state index contributed by atoms with van der Waals surface area (Å²) >= 11 is 5.88. The number of anilines is 1. The number of alkyl halides is 3. The molecule has 2 rings (SSSR count). The summed E-state index contributed by atoms with van der Waals surface area (Å²) in [5.74, 6) is 0. The van der Waals surface area contributed by atoms with Gasteiger partial charge in [0.15, 0.2) is 0 Å². The molecule has 0 radical (unpaired) electrons. The molecule has 116 valence electrons. The third kappa shape index (κ3) is 3.80. The third-order valence-electron chi connectivity index (χ3n) is 3.31. The van der Waals surface area contributed by atoms with Crippen LogP contribution in [0.2, 0.25) is 5.02 Å². The Bertz CT molecular complexity index is 696. The van der Waals surface area contributed by atoms with E-state index in [2.05, 4.69) is 5.32 Å². The highest BCUT2D eigenvalue weighted by molar-refractivity contribution is 6.30. The van der Waals surface area contributed by atoms with E-state index in [0.29, 0.717) is 17.1 Å². The van der Waals surface area contributed by atoms with Crippen LogP contribution in [0.3, 0.4) is 0 Å². The van der Waals surface area contributed by atoms with Crippen LogP contribution in [0.5, 0.6) is 0 Å². The Morgan fingerprint density at radius 1 is 1.18 bits per heavy atom. The molecular formula is C16H14ClF3N2. The highest BCUT2D eigenvalue weighted by Gasteiger charge is 2.30. The quantitative estimate of drug-likeness (QED) is 0.737. The lowest BCUT2D eigenvalue weighted by Crippen LogP contribution is -2.09. The van der Waals surface area contributed by atoms with Crippen LogP contribution in [0, 0.1) is 12.3 Å². The second-order valence-electron chi connectivity index (χ2n) is 4.87. The first-order valence-electron chi connectivity index (χ1n) is 6.52. The maximum atomic E-state index is 12.8. The van der Waals surface area contributed by atoms with Crippen molar-refractivity contribution in [1.29, 1.82) is 5.41 Å². The molecule has 0 heterocycles. The first-order valence-corrected chi connectivity index (χ1v) is 6.89. The lowest BCUT2D eigenvalue weighted by atomic mass is 10.1. The van der Waals surface area contributed by atoms with E-state index in [-0.39, 0.29) is 5.69 Å². The van der Waals surface area contributed by atoms with Gasteiger partial charge >= 0.3 is 6.18 Å². The molecule has 0 fully saturated rings. The zero-order valence-corrected chi connectivity index (χ0v) is 12.5. The van der Waals surface area contributed by atoms with E-state index in [9.17, 15) is 13.2 Å². The fraction of sp³-hybridized carbons (Fsp3) is 0.188. The first-order chi connectivity index (χ1) is 10.3. The maximum absolute atomic E-state index is 12.8. The Kier molecular flexibility index (Phi) is 4.76. The topological polar surface area (TPSA) is 35.9 Å². The van der Waals surface area contributed by atoms with Crippen molar-refractivity contribution in [3.8, 4) is 0 Å². The smallest absolute Gasteiger partial charge is 0.380 e. The van der Waals surface area contributed by atoms with Gasteiger partial charge in [-0.1, -0.05) is 23.7 Å². The summed E-state index contributed by atoms with van der Waals surface area (Å²) in [6, 6.07) is 8.62. The molecule has 0 aliphatic rings. The fourth-order valence-electron chi connectivity index (χ4n) is 2.06. The van der Waals surface area contributed by atoms with Gasteiger partial charge < -0.3 is 10.7 Å². The number of aryl methyl sites for hydroxylation is 1. The van der Waals surface area contributed by atoms with Gasteiger partial charge in [-0.25, -0.2) is 0 Å². The highest BCUT2D eigenvalue weighted by atomic mass is 35.5. The fourth-order valence-corrected chi connectivity index (χ4v) is 2.29. The molecule has 2 nitrogen and oxygen atoms in total. The van der Waals surface area contributed by atoms with Gasteiger partial charge in [-0.3, -0.25) is 0 Å². The van der Waals surface area contributed by atoms with Crippen molar-refractivity contribution in [2.24, 2.45) is 0 Å². The van der Waals surface area contributed by atoms with E-state index < -0.39 is 11.7 Å². The molecule has 0 atom stereocenters. The van der Waals surface area contributed by atoms with Crippen LogP contribution in [0.15, 0.2) is 36.4 Å². The van der Waals surface area contributed by atoms with Crippen molar-refractivity contribution >= 4 is 23.5 Å². The average Bonchev–Trinajstić information content (AvgIpc) is 2.45. The van der Waals surface area contributed by atoms with E-state index in [1.807, 2.05) is 13.0 Å². The summed E-state index contributed by atoms with van der Waals surface area (Å²) in [5.41, 5.74) is 1.81. The van der Waals surface area contributed by atoms with Gasteiger partial charge in [-0.05, 0) is 42.3 Å². The Hall–Kier alpha value is -2.01. The molecule has 0 amide bonds. The van der Waals surface area contributed by atoms with Crippen molar-refractivity contribution in [3.63, 3.8) is 0 Å². The van der Waals surface area contributed by atoms with Crippen molar-refractivity contribution < 1.29 is 13.2 Å². The summed E-state index contributed by atoms with van der Waals surface area (Å²) in [6.45, 7) is 2.23. The van der Waals surface area contributed by atoms with Gasteiger partial charge in [-0.15, -0.1) is 0 Å². The largest absolute Gasteiger partial charge is 0.416 e. The van der Waals surface area contributed by atoms with Crippen LogP contribution in [0.25, 0.3) is 0 Å². The molecule has 2 N–H and O–H groups in total. The van der Waals surface area contributed by atoms with Crippen LogP contribution in [0.4, 0.5) is 18.9 Å². The van der Waals surface area contributed by atoms with E-state index in [1.165, 1.54) is 6.07 Å². The minimum atomic E-state index is -4.41. The second-order valence-corrected chi connectivity index (χ2v) is 5.30. The lowest BCUT2D eigenvalue weighted by Gasteiger charge is -2.14. The van der Waals surface area contributed by atoms with Gasteiger partial charge in [0, 0.05) is 29.0 Å². The molecule has 0 aromatic heterocycles. The van der Waals surface area contributed by atoms with Gasteiger partial charge in [0.05, 0.1) is 5.56 Å². The van der Waals surface area contributed by atoms with E-state index in [1.54, 1.807) is 12.1 Å². The molecule has 0 unspecified atom stereocenters. The molecule has 0 aliphatic carbocycles. The Morgan fingerprint density at radius 2 is 1.91 bits per heavy atom. The standard InChI is InChI=1S/C16H14ClF3N2/c1-10-6-14(17)5-3-12(10)9-22-15-7-13(16(18,19)20)4-2-11(15)8-21/h2-8,21-22H,9H2,1H3. The van der Waals surface area contributed by atoms with Gasteiger partial charge in [0.1, 0.15) is 0 Å². The Balaban J connectivity index is 2.26. The van der Waals surface area contributed by atoms with Gasteiger partial charge in [-0.2, -0.15) is 13.2 Å². The summed E-state index contributed by atoms with van der Waals surface area (Å²) in [6.07, 6.45) is -3.38.